The molecule has 1 aliphatic rings. The summed E-state index contributed by atoms with van der Waals surface area (Å²) >= 11 is 1.47. The number of hydrogen-bond acceptors (Lipinski definition) is 7. The summed E-state index contributed by atoms with van der Waals surface area (Å²) in [5.41, 5.74) is 23.7. The van der Waals surface area contributed by atoms with E-state index < -0.39 is 0 Å². The van der Waals surface area contributed by atoms with Crippen molar-refractivity contribution in [1.82, 2.24) is 4.98 Å². The van der Waals surface area contributed by atoms with Gasteiger partial charge in [0, 0.05) is 6.04 Å². The molecule has 1 heterocycles. The highest BCUT2D eigenvalue weighted by Gasteiger charge is 2.21. The van der Waals surface area contributed by atoms with Crippen LogP contribution in [-0.2, 0) is 0 Å². The molecule has 216 valence electrons. The minimum atomic E-state index is -0.223. The second-order valence-corrected chi connectivity index (χ2v) is 11.4. The second-order valence-electron chi connectivity index (χ2n) is 10.6. The van der Waals surface area contributed by atoms with Crippen LogP contribution >= 0.6 is 11.3 Å². The predicted octanol–water partition coefficient (Wildman–Crippen LogP) is 8.27. The highest BCUT2D eigenvalue weighted by molar-refractivity contribution is 7.14. The number of benzene rings is 2. The summed E-state index contributed by atoms with van der Waals surface area (Å²) in [6, 6.07) is 11.6. The molecule has 4 rings (SSSR count). The number of hydrogen-bond donors (Lipinski definition) is 5. The van der Waals surface area contributed by atoms with Crippen LogP contribution in [0.1, 0.15) is 94.8 Å². The van der Waals surface area contributed by atoms with Crippen molar-refractivity contribution in [1.29, 1.82) is 0 Å². The Morgan fingerprint density at radius 3 is 1.97 bits per heavy atom. The number of nitrogen functional groups attached to an aromatic ring is 3. The molecule has 0 spiro atoms. The minimum absolute atomic E-state index is 0.223. The van der Waals surface area contributed by atoms with E-state index in [1.54, 1.807) is 11.6 Å². The highest BCUT2D eigenvalue weighted by atomic mass is 32.1. The van der Waals surface area contributed by atoms with Gasteiger partial charge in [0.2, 0.25) is 0 Å². The minimum Gasteiger partial charge on any atom is -0.397 e. The molecule has 7 nitrogen and oxygen atoms in total. The number of carbonyl (C=O) groups excluding carboxylic acids is 1. The summed E-state index contributed by atoms with van der Waals surface area (Å²) in [6.45, 7) is 14.8. The van der Waals surface area contributed by atoms with Gasteiger partial charge >= 0.3 is 0 Å². The van der Waals surface area contributed by atoms with E-state index in [4.69, 9.17) is 17.2 Å². The summed E-state index contributed by atoms with van der Waals surface area (Å²) in [4.78, 5) is 16.7. The van der Waals surface area contributed by atoms with Gasteiger partial charge in [-0.1, -0.05) is 72.4 Å². The fourth-order valence-corrected chi connectivity index (χ4v) is 4.18. The SMILES string of the molecule is CC(C)C.CCCC.Cc1ccc(N)c(N)c1.Cc1ccc(N)c(NC(=O)c2ncsc2NC2CCCC2)c1. The number of unbranched alkanes of at least 4 members (excludes halogenated alkanes) is 1. The standard InChI is InChI=1S/C16H20N4OS.C7H10N2.2C4H10/c1-10-6-7-12(17)13(8-10)20-15(21)14-16(22-9-18-14)19-11-4-2-3-5-11;1-5-2-3-6(8)7(9)4-5;1-4(2)3;1-3-4-2/h6-9,11,19H,2-5,17H2,1H3,(H,20,21);2-4H,8-9H2,1H3;4H,1-3H3;3-4H2,1-2H3. The van der Waals surface area contributed by atoms with E-state index in [0.29, 0.717) is 34.5 Å². The first kappa shape index (κ1) is 33.8. The topological polar surface area (TPSA) is 132 Å². The molecular formula is C31H50N6OS. The van der Waals surface area contributed by atoms with Crippen molar-refractivity contribution < 1.29 is 4.79 Å². The van der Waals surface area contributed by atoms with Gasteiger partial charge in [0.15, 0.2) is 5.69 Å². The maximum Gasteiger partial charge on any atom is 0.277 e. The van der Waals surface area contributed by atoms with E-state index in [1.165, 1.54) is 37.0 Å². The number of nitrogens with two attached hydrogens (primary N) is 3. The van der Waals surface area contributed by atoms with Crippen molar-refractivity contribution in [3.8, 4) is 0 Å². The van der Waals surface area contributed by atoms with E-state index >= 15 is 0 Å². The van der Waals surface area contributed by atoms with Crippen LogP contribution < -0.4 is 27.8 Å². The first-order valence-electron chi connectivity index (χ1n) is 14.0. The van der Waals surface area contributed by atoms with Crippen LogP contribution in [0.5, 0.6) is 0 Å². The molecular weight excluding hydrogens is 504 g/mol. The molecule has 0 aliphatic heterocycles. The number of thiazole rings is 1. The Balaban J connectivity index is 0.000000367. The lowest BCUT2D eigenvalue weighted by atomic mass is 10.2. The van der Waals surface area contributed by atoms with Crippen molar-refractivity contribution in [2.24, 2.45) is 5.92 Å². The van der Waals surface area contributed by atoms with E-state index in [2.05, 4.69) is 50.2 Å². The molecule has 0 unspecified atom stereocenters. The molecule has 3 aromatic rings. The summed E-state index contributed by atoms with van der Waals surface area (Å²) in [5, 5.41) is 7.15. The van der Waals surface area contributed by atoms with E-state index in [-0.39, 0.29) is 5.91 Å². The zero-order chi connectivity index (χ0) is 29.4. The summed E-state index contributed by atoms with van der Waals surface area (Å²) in [5.74, 6) is 0.610. The Morgan fingerprint density at radius 2 is 1.46 bits per heavy atom. The van der Waals surface area contributed by atoms with Crippen molar-refractivity contribution in [2.45, 2.75) is 93.0 Å². The van der Waals surface area contributed by atoms with Gasteiger partial charge in [-0.05, 0) is 68.0 Å². The van der Waals surface area contributed by atoms with Crippen LogP contribution in [-0.4, -0.2) is 16.9 Å². The average Bonchev–Trinajstić information content (AvgIpc) is 3.57. The van der Waals surface area contributed by atoms with Crippen LogP contribution in [0.4, 0.5) is 27.8 Å². The Morgan fingerprint density at radius 1 is 0.923 bits per heavy atom. The van der Waals surface area contributed by atoms with Gasteiger partial charge in [0.1, 0.15) is 5.00 Å². The fourth-order valence-electron chi connectivity index (χ4n) is 3.42. The molecule has 8 heteroatoms. The number of rotatable bonds is 5. The number of carbonyl (C=O) groups is 1. The Bertz CT molecular complexity index is 1120. The van der Waals surface area contributed by atoms with Crippen LogP contribution in [0, 0.1) is 19.8 Å². The first-order valence-corrected chi connectivity index (χ1v) is 14.8. The number of nitrogens with one attached hydrogen (secondary N) is 2. The monoisotopic (exact) mass is 554 g/mol. The third-order valence-electron chi connectivity index (χ3n) is 5.67. The Labute approximate surface area is 240 Å². The van der Waals surface area contributed by atoms with Crippen LogP contribution in [0.2, 0.25) is 0 Å². The van der Waals surface area contributed by atoms with Gasteiger partial charge in [-0.2, -0.15) is 0 Å². The molecule has 0 atom stereocenters. The van der Waals surface area contributed by atoms with Gasteiger partial charge in [-0.3, -0.25) is 4.79 Å². The molecule has 8 N–H and O–H groups in total. The van der Waals surface area contributed by atoms with Crippen molar-refractivity contribution in [3.05, 3.63) is 58.7 Å². The summed E-state index contributed by atoms with van der Waals surface area (Å²) in [6.07, 6.45) is 7.45. The number of nitrogens with zero attached hydrogens (tertiary/aromatic N) is 1. The lowest BCUT2D eigenvalue weighted by molar-refractivity contribution is 0.102. The molecule has 1 aliphatic carbocycles. The van der Waals surface area contributed by atoms with Gasteiger partial charge in [-0.25, -0.2) is 4.98 Å². The predicted molar refractivity (Wildman–Crippen MR) is 173 cm³/mol. The highest BCUT2D eigenvalue weighted by Crippen LogP contribution is 2.28. The zero-order valence-corrected chi connectivity index (χ0v) is 25.8. The van der Waals surface area contributed by atoms with Gasteiger partial charge in [-0.15, -0.1) is 11.3 Å². The lowest BCUT2D eigenvalue weighted by Crippen LogP contribution is -2.19. The van der Waals surface area contributed by atoms with E-state index in [1.807, 2.05) is 44.2 Å². The van der Waals surface area contributed by atoms with Crippen molar-refractivity contribution in [3.63, 3.8) is 0 Å². The van der Waals surface area contributed by atoms with Crippen molar-refractivity contribution in [2.75, 3.05) is 27.8 Å². The van der Waals surface area contributed by atoms with Crippen LogP contribution in [0.15, 0.2) is 41.9 Å². The maximum atomic E-state index is 12.5. The molecule has 1 amide bonds. The zero-order valence-electron chi connectivity index (χ0n) is 24.9. The third-order valence-corrected chi connectivity index (χ3v) is 6.43. The lowest BCUT2D eigenvalue weighted by Gasteiger charge is -2.13. The first-order chi connectivity index (χ1) is 18.5. The van der Waals surface area contributed by atoms with Gasteiger partial charge in [0.25, 0.3) is 5.91 Å². The molecule has 1 saturated carbocycles. The molecule has 1 aromatic heterocycles. The number of aryl methyl sites for hydroxylation is 2. The molecule has 39 heavy (non-hydrogen) atoms. The Hall–Kier alpha value is -3.26. The molecule has 0 bridgehead atoms. The maximum absolute atomic E-state index is 12.5. The molecule has 0 saturated heterocycles. The molecule has 0 radical (unpaired) electrons. The summed E-state index contributed by atoms with van der Waals surface area (Å²) in [7, 11) is 0. The van der Waals surface area contributed by atoms with Crippen LogP contribution in [0.3, 0.4) is 0 Å². The smallest absolute Gasteiger partial charge is 0.277 e. The number of aromatic nitrogens is 1. The Kier molecular flexibility index (Phi) is 15.7. The molecule has 1 fully saturated rings. The van der Waals surface area contributed by atoms with Crippen LogP contribution in [0.25, 0.3) is 0 Å². The number of amides is 1. The quantitative estimate of drug-likeness (QED) is 0.202. The summed E-state index contributed by atoms with van der Waals surface area (Å²) < 4.78 is 0. The largest absolute Gasteiger partial charge is 0.397 e. The van der Waals surface area contributed by atoms with Crippen molar-refractivity contribution >= 4 is 45.0 Å². The second kappa shape index (κ2) is 18.1. The molecule has 2 aromatic carbocycles. The third kappa shape index (κ3) is 13.4. The number of anilines is 5. The van der Waals surface area contributed by atoms with Gasteiger partial charge < -0.3 is 27.8 Å². The normalized spacial score (nSPS) is 12.3. The van der Waals surface area contributed by atoms with Gasteiger partial charge in [0.05, 0.1) is 28.3 Å². The van der Waals surface area contributed by atoms with E-state index in [0.717, 1.165) is 34.9 Å². The van der Waals surface area contributed by atoms with E-state index in [9.17, 15) is 4.79 Å². The average molecular weight is 555 g/mol. The fraction of sp³-hybridized carbons (Fsp3) is 0.484.